The number of nitrogens with zero attached hydrogens (tertiary/aromatic N) is 2. The van der Waals surface area contributed by atoms with Crippen molar-refractivity contribution in [2.45, 2.75) is 6.54 Å². The van der Waals surface area contributed by atoms with Crippen LogP contribution in [0.5, 0.6) is 0 Å². The third-order valence-corrected chi connectivity index (χ3v) is 3.91. The quantitative estimate of drug-likeness (QED) is 0.383. The Bertz CT molecular complexity index is 758. The number of hydrogen-bond acceptors (Lipinski definition) is 3. The van der Waals surface area contributed by atoms with Gasteiger partial charge in [-0.15, -0.1) is 0 Å². The van der Waals surface area contributed by atoms with Crippen molar-refractivity contribution < 1.29 is 26.5 Å². The Morgan fingerprint density at radius 3 is 2.75 bits per heavy atom. The molecule has 0 saturated heterocycles. The molecule has 0 aliphatic rings. The Labute approximate surface area is 130 Å². The molecule has 0 N–H and O–H groups in total. The van der Waals surface area contributed by atoms with Gasteiger partial charge in [0.2, 0.25) is 11.0 Å². The highest BCUT2D eigenvalue weighted by molar-refractivity contribution is 7.16. The van der Waals surface area contributed by atoms with Crippen molar-refractivity contribution in [3.05, 3.63) is 69.7 Å². The van der Waals surface area contributed by atoms with E-state index >= 15 is 0 Å². The van der Waals surface area contributed by atoms with Gasteiger partial charge >= 0.3 is 0 Å². The number of non-ortho nitro benzene ring substituents is 1. The SMILES string of the molecule is O=[N+]([O-])c1cccc(C[n+]2csc3ccccc32)c1.[Br-]. The van der Waals surface area contributed by atoms with Gasteiger partial charge in [0.1, 0.15) is 4.70 Å². The van der Waals surface area contributed by atoms with Crippen LogP contribution in [-0.2, 0) is 6.54 Å². The second kappa shape index (κ2) is 6.11. The Morgan fingerprint density at radius 1 is 1.15 bits per heavy atom. The minimum absolute atomic E-state index is 0. The molecule has 2 aromatic carbocycles. The lowest BCUT2D eigenvalue weighted by atomic mass is 10.2. The summed E-state index contributed by atoms with van der Waals surface area (Å²) in [5.74, 6) is 0. The predicted octanol–water partition coefficient (Wildman–Crippen LogP) is 0.149. The molecule has 4 nitrogen and oxygen atoms in total. The molecule has 0 radical (unpaired) electrons. The van der Waals surface area contributed by atoms with Gasteiger partial charge in [0, 0.05) is 23.8 Å². The maximum Gasteiger partial charge on any atom is 0.269 e. The molecule has 0 atom stereocenters. The van der Waals surface area contributed by atoms with Crippen LogP contribution < -0.4 is 21.5 Å². The first-order valence-electron chi connectivity index (χ1n) is 5.83. The molecule has 0 fully saturated rings. The minimum Gasteiger partial charge on any atom is -1.00 e. The van der Waals surface area contributed by atoms with Crippen LogP contribution in [0.4, 0.5) is 5.69 Å². The summed E-state index contributed by atoms with van der Waals surface area (Å²) < 4.78 is 3.33. The first-order chi connectivity index (χ1) is 9.24. The fraction of sp³-hybridized carbons (Fsp3) is 0.0714. The molecule has 0 saturated carbocycles. The van der Waals surface area contributed by atoms with Gasteiger partial charge in [0.05, 0.1) is 4.92 Å². The van der Waals surface area contributed by atoms with E-state index in [1.54, 1.807) is 23.5 Å². The molecule has 0 aliphatic carbocycles. The number of fused-ring (bicyclic) bond motifs is 1. The van der Waals surface area contributed by atoms with E-state index in [1.807, 2.05) is 23.7 Å². The van der Waals surface area contributed by atoms with Gasteiger partial charge in [-0.2, -0.15) is 4.57 Å². The van der Waals surface area contributed by atoms with Crippen molar-refractivity contribution in [3.63, 3.8) is 0 Å². The second-order valence-corrected chi connectivity index (χ2v) is 5.13. The second-order valence-electron chi connectivity index (χ2n) is 4.25. The Morgan fingerprint density at radius 2 is 1.95 bits per heavy atom. The highest BCUT2D eigenvalue weighted by Crippen LogP contribution is 2.17. The zero-order valence-corrected chi connectivity index (χ0v) is 12.8. The highest BCUT2D eigenvalue weighted by atomic mass is 79.9. The predicted molar refractivity (Wildman–Crippen MR) is 74.2 cm³/mol. The van der Waals surface area contributed by atoms with Gasteiger partial charge in [0.25, 0.3) is 5.69 Å². The normalized spacial score (nSPS) is 10.2. The largest absolute Gasteiger partial charge is 1.00 e. The average molecular weight is 351 g/mol. The number of nitro groups is 1. The van der Waals surface area contributed by atoms with Crippen molar-refractivity contribution in [1.29, 1.82) is 0 Å². The molecule has 3 aromatic rings. The van der Waals surface area contributed by atoms with E-state index in [1.165, 1.54) is 10.8 Å². The van der Waals surface area contributed by atoms with Crippen LogP contribution in [0.1, 0.15) is 5.56 Å². The fourth-order valence-corrected chi connectivity index (χ4v) is 2.95. The van der Waals surface area contributed by atoms with Crippen LogP contribution in [0.25, 0.3) is 10.2 Å². The number of rotatable bonds is 3. The van der Waals surface area contributed by atoms with E-state index in [-0.39, 0.29) is 27.6 Å². The van der Waals surface area contributed by atoms with Crippen LogP contribution in [0, 0.1) is 10.1 Å². The van der Waals surface area contributed by atoms with E-state index in [9.17, 15) is 10.1 Å². The summed E-state index contributed by atoms with van der Waals surface area (Å²) in [7, 11) is 0. The van der Waals surface area contributed by atoms with Gasteiger partial charge in [-0.1, -0.05) is 35.6 Å². The Balaban J connectivity index is 0.00000147. The fourth-order valence-electron chi connectivity index (χ4n) is 2.06. The molecule has 3 rings (SSSR count). The van der Waals surface area contributed by atoms with Gasteiger partial charge in [0.15, 0.2) is 6.54 Å². The molecular formula is C14H11BrN2O2S. The summed E-state index contributed by atoms with van der Waals surface area (Å²) in [6.07, 6.45) is 0. The number of nitro benzene ring substituents is 1. The molecule has 0 aliphatic heterocycles. The van der Waals surface area contributed by atoms with Crippen LogP contribution in [0.15, 0.2) is 54.0 Å². The lowest BCUT2D eigenvalue weighted by Crippen LogP contribution is -3.00. The third kappa shape index (κ3) is 2.86. The molecule has 1 heterocycles. The summed E-state index contributed by atoms with van der Waals surface area (Å²) in [6.45, 7) is 0.645. The van der Waals surface area contributed by atoms with Crippen molar-refractivity contribution in [2.24, 2.45) is 0 Å². The molecule has 0 unspecified atom stereocenters. The van der Waals surface area contributed by atoms with Crippen molar-refractivity contribution in [1.82, 2.24) is 0 Å². The smallest absolute Gasteiger partial charge is 0.269 e. The topological polar surface area (TPSA) is 47.0 Å². The van der Waals surface area contributed by atoms with Gasteiger partial charge in [-0.05, 0) is 6.07 Å². The first-order valence-corrected chi connectivity index (χ1v) is 6.71. The number of hydrogen-bond donors (Lipinski definition) is 0. The molecule has 0 bridgehead atoms. The van der Waals surface area contributed by atoms with Crippen molar-refractivity contribution in [3.8, 4) is 0 Å². The standard InChI is InChI=1S/C14H11N2O2S.BrH/c17-16(18)12-5-3-4-11(8-12)9-15-10-19-14-7-2-1-6-13(14)15;/h1-8,10H,9H2;1H/q+1;/p-1. The maximum absolute atomic E-state index is 10.8. The van der Waals surface area contributed by atoms with E-state index in [4.69, 9.17) is 0 Å². The average Bonchev–Trinajstić information content (AvgIpc) is 2.83. The molecule has 1 aromatic heterocycles. The molecule has 20 heavy (non-hydrogen) atoms. The first kappa shape index (κ1) is 14.6. The minimum atomic E-state index is -0.361. The third-order valence-electron chi connectivity index (χ3n) is 2.96. The van der Waals surface area contributed by atoms with Crippen LogP contribution in [-0.4, -0.2) is 4.92 Å². The van der Waals surface area contributed by atoms with E-state index in [0.29, 0.717) is 6.54 Å². The summed E-state index contributed by atoms with van der Waals surface area (Å²) in [6, 6.07) is 14.9. The lowest BCUT2D eigenvalue weighted by Gasteiger charge is -1.97. The highest BCUT2D eigenvalue weighted by Gasteiger charge is 2.13. The van der Waals surface area contributed by atoms with Crippen LogP contribution >= 0.6 is 11.3 Å². The van der Waals surface area contributed by atoms with Crippen LogP contribution in [0.3, 0.4) is 0 Å². The molecular weight excluding hydrogens is 340 g/mol. The van der Waals surface area contributed by atoms with Crippen LogP contribution in [0.2, 0.25) is 0 Å². The molecule has 0 amide bonds. The van der Waals surface area contributed by atoms with Gasteiger partial charge < -0.3 is 17.0 Å². The molecule has 6 heteroatoms. The number of benzene rings is 2. The molecule has 102 valence electrons. The van der Waals surface area contributed by atoms with Gasteiger partial charge in [-0.3, -0.25) is 10.1 Å². The number of para-hydroxylation sites is 1. The lowest BCUT2D eigenvalue weighted by molar-refractivity contribution is -0.658. The van der Waals surface area contributed by atoms with E-state index in [2.05, 4.69) is 16.7 Å². The van der Waals surface area contributed by atoms with E-state index in [0.717, 1.165) is 11.1 Å². The zero-order chi connectivity index (χ0) is 13.2. The summed E-state index contributed by atoms with van der Waals surface area (Å²) in [5.41, 5.74) is 4.27. The summed E-state index contributed by atoms with van der Waals surface area (Å²) >= 11 is 1.67. The monoisotopic (exact) mass is 350 g/mol. The Kier molecular flexibility index (Phi) is 4.46. The van der Waals surface area contributed by atoms with Crippen molar-refractivity contribution >= 4 is 27.2 Å². The zero-order valence-electron chi connectivity index (χ0n) is 10.4. The van der Waals surface area contributed by atoms with E-state index < -0.39 is 0 Å². The number of thiazole rings is 1. The van der Waals surface area contributed by atoms with Gasteiger partial charge in [-0.25, -0.2) is 0 Å². The Hall–Kier alpha value is -1.79. The number of halogens is 1. The van der Waals surface area contributed by atoms with Crippen molar-refractivity contribution in [2.75, 3.05) is 0 Å². The molecule has 0 spiro atoms. The summed E-state index contributed by atoms with van der Waals surface area (Å²) in [5, 5.41) is 10.8. The number of aromatic nitrogens is 1. The maximum atomic E-state index is 10.8. The summed E-state index contributed by atoms with van der Waals surface area (Å²) in [4.78, 5) is 10.4.